The lowest BCUT2D eigenvalue weighted by atomic mass is 9.92. The van der Waals surface area contributed by atoms with E-state index < -0.39 is 23.3 Å². The van der Waals surface area contributed by atoms with E-state index in [9.17, 15) is 18.8 Å². The predicted octanol–water partition coefficient (Wildman–Crippen LogP) is 0.883. The van der Waals surface area contributed by atoms with Crippen LogP contribution in [0.2, 0.25) is 0 Å². The number of rotatable bonds is 4. The van der Waals surface area contributed by atoms with Crippen LogP contribution in [0.4, 0.5) is 9.18 Å². The van der Waals surface area contributed by atoms with E-state index in [-0.39, 0.29) is 30.9 Å². The van der Waals surface area contributed by atoms with Gasteiger partial charge in [-0.25, -0.2) is 9.18 Å². The normalized spacial score (nSPS) is 23.4. The molecule has 1 unspecified atom stereocenters. The summed E-state index contributed by atoms with van der Waals surface area (Å²) >= 11 is 0. The fourth-order valence-electron chi connectivity index (χ4n) is 3.20. The van der Waals surface area contributed by atoms with Gasteiger partial charge < -0.3 is 16.0 Å². The average molecular weight is 385 g/mol. The third-order valence-corrected chi connectivity index (χ3v) is 4.70. The van der Waals surface area contributed by atoms with Crippen LogP contribution >= 0.6 is 12.4 Å². The van der Waals surface area contributed by atoms with Gasteiger partial charge >= 0.3 is 6.03 Å². The molecule has 1 aromatic rings. The molecule has 2 heterocycles. The summed E-state index contributed by atoms with van der Waals surface area (Å²) in [4.78, 5) is 38.0. The Morgan fingerprint density at radius 2 is 1.88 bits per heavy atom. The number of carbonyl (C=O) groups excluding carboxylic acids is 3. The molecule has 1 aromatic carbocycles. The van der Waals surface area contributed by atoms with Crippen molar-refractivity contribution in [2.24, 2.45) is 0 Å². The van der Waals surface area contributed by atoms with Gasteiger partial charge in [0.2, 0.25) is 5.91 Å². The van der Waals surface area contributed by atoms with Crippen molar-refractivity contribution in [2.45, 2.75) is 31.3 Å². The number of urea groups is 1. The molecule has 0 radical (unpaired) electrons. The van der Waals surface area contributed by atoms with Crippen LogP contribution in [0.15, 0.2) is 24.3 Å². The molecule has 0 spiro atoms. The molecule has 142 valence electrons. The van der Waals surface area contributed by atoms with E-state index in [0.29, 0.717) is 5.56 Å². The number of halogens is 2. The molecule has 0 aromatic heterocycles. The van der Waals surface area contributed by atoms with Gasteiger partial charge in [-0.05, 0) is 50.6 Å². The van der Waals surface area contributed by atoms with E-state index >= 15 is 0 Å². The summed E-state index contributed by atoms with van der Waals surface area (Å²) in [6, 6.07) is 4.78. The first kappa shape index (κ1) is 20.1. The number of carbonyl (C=O) groups is 3. The van der Waals surface area contributed by atoms with Crippen molar-refractivity contribution in [3.05, 3.63) is 35.6 Å². The molecule has 3 rings (SSSR count). The van der Waals surface area contributed by atoms with E-state index in [1.807, 2.05) is 0 Å². The summed E-state index contributed by atoms with van der Waals surface area (Å²) in [5, 5.41) is 8.66. The van der Waals surface area contributed by atoms with Gasteiger partial charge in [0.15, 0.2) is 0 Å². The first-order valence-electron chi connectivity index (χ1n) is 8.30. The maximum Gasteiger partial charge on any atom is 0.325 e. The summed E-state index contributed by atoms with van der Waals surface area (Å²) in [6.45, 7) is 2.88. The second kappa shape index (κ2) is 8.01. The Hall–Kier alpha value is -2.19. The van der Waals surface area contributed by atoms with Crippen molar-refractivity contribution in [2.75, 3.05) is 19.6 Å². The summed E-state index contributed by atoms with van der Waals surface area (Å²) in [7, 11) is 0. The molecular formula is C17H22ClFN4O3. The van der Waals surface area contributed by atoms with Crippen LogP contribution in [0.5, 0.6) is 0 Å². The minimum absolute atomic E-state index is 0. The van der Waals surface area contributed by atoms with E-state index in [1.165, 1.54) is 24.3 Å². The molecule has 1 atom stereocenters. The number of piperidine rings is 1. The lowest BCUT2D eigenvalue weighted by Gasteiger charge is -2.25. The summed E-state index contributed by atoms with van der Waals surface area (Å²) in [6.07, 6.45) is 1.64. The van der Waals surface area contributed by atoms with Crippen molar-refractivity contribution in [1.29, 1.82) is 0 Å². The molecule has 0 aliphatic carbocycles. The number of nitrogens with zero attached hydrogens (tertiary/aromatic N) is 1. The van der Waals surface area contributed by atoms with Gasteiger partial charge in [0, 0.05) is 6.04 Å². The van der Waals surface area contributed by atoms with E-state index in [0.717, 1.165) is 30.8 Å². The van der Waals surface area contributed by atoms with Gasteiger partial charge in [0.25, 0.3) is 5.91 Å². The molecule has 4 amide bonds. The fourth-order valence-corrected chi connectivity index (χ4v) is 3.20. The predicted molar refractivity (Wildman–Crippen MR) is 95.3 cm³/mol. The second-order valence-corrected chi connectivity index (χ2v) is 6.55. The van der Waals surface area contributed by atoms with Crippen molar-refractivity contribution in [3.8, 4) is 0 Å². The van der Waals surface area contributed by atoms with E-state index in [2.05, 4.69) is 16.0 Å². The molecule has 2 fully saturated rings. The monoisotopic (exact) mass is 384 g/mol. The Bertz CT molecular complexity index is 694. The zero-order valence-corrected chi connectivity index (χ0v) is 15.2. The number of imide groups is 1. The van der Waals surface area contributed by atoms with Crippen LogP contribution in [0.1, 0.15) is 25.3 Å². The van der Waals surface area contributed by atoms with Crippen LogP contribution in [-0.2, 0) is 15.1 Å². The highest BCUT2D eigenvalue weighted by Crippen LogP contribution is 2.28. The van der Waals surface area contributed by atoms with Crippen molar-refractivity contribution < 1.29 is 18.8 Å². The minimum atomic E-state index is -1.31. The average Bonchev–Trinajstić information content (AvgIpc) is 2.80. The summed E-state index contributed by atoms with van der Waals surface area (Å²) < 4.78 is 13.1. The van der Waals surface area contributed by atoms with Crippen LogP contribution in [-0.4, -0.2) is 48.4 Å². The topological polar surface area (TPSA) is 90.5 Å². The fraction of sp³-hybridized carbons (Fsp3) is 0.471. The number of benzene rings is 1. The maximum atomic E-state index is 13.1. The third kappa shape index (κ3) is 3.96. The molecule has 3 N–H and O–H groups in total. The lowest BCUT2D eigenvalue weighted by molar-refractivity contribution is -0.135. The minimum Gasteiger partial charge on any atom is -0.352 e. The highest BCUT2D eigenvalue weighted by molar-refractivity contribution is 6.09. The van der Waals surface area contributed by atoms with Crippen molar-refractivity contribution in [3.63, 3.8) is 0 Å². The van der Waals surface area contributed by atoms with Crippen LogP contribution in [0, 0.1) is 5.82 Å². The molecule has 26 heavy (non-hydrogen) atoms. The third-order valence-electron chi connectivity index (χ3n) is 4.70. The Balaban J connectivity index is 0.00000243. The van der Waals surface area contributed by atoms with Gasteiger partial charge in [0.1, 0.15) is 17.9 Å². The van der Waals surface area contributed by atoms with Crippen LogP contribution in [0.3, 0.4) is 0 Å². The van der Waals surface area contributed by atoms with Gasteiger partial charge in [-0.1, -0.05) is 12.1 Å². The lowest BCUT2D eigenvalue weighted by Crippen LogP contribution is -2.48. The summed E-state index contributed by atoms with van der Waals surface area (Å²) in [5.74, 6) is -1.31. The molecule has 2 saturated heterocycles. The number of nitrogens with one attached hydrogen (secondary N) is 3. The van der Waals surface area contributed by atoms with Gasteiger partial charge in [0.05, 0.1) is 0 Å². The zero-order valence-electron chi connectivity index (χ0n) is 14.4. The Morgan fingerprint density at radius 3 is 2.50 bits per heavy atom. The standard InChI is InChI=1S/C17H21FN4O3.ClH/c1-17(11-2-4-12(18)5-3-11)15(24)22(16(25)21-17)10-14(23)20-13-6-8-19-9-7-13;/h2-5,13,19H,6-10H2,1H3,(H,20,23)(H,21,25);1H. The van der Waals surface area contributed by atoms with Crippen LogP contribution < -0.4 is 16.0 Å². The van der Waals surface area contributed by atoms with Crippen LogP contribution in [0.25, 0.3) is 0 Å². The molecule has 0 bridgehead atoms. The quantitative estimate of drug-likeness (QED) is 0.672. The Labute approximate surface area is 157 Å². The molecule has 2 aliphatic heterocycles. The maximum absolute atomic E-state index is 13.1. The van der Waals surface area contributed by atoms with Gasteiger partial charge in [-0.15, -0.1) is 12.4 Å². The molecule has 2 aliphatic rings. The Kier molecular flexibility index (Phi) is 6.20. The highest BCUT2D eigenvalue weighted by Gasteiger charge is 2.49. The van der Waals surface area contributed by atoms with Gasteiger partial charge in [-0.3, -0.25) is 14.5 Å². The molecule has 9 heteroatoms. The number of hydrogen-bond donors (Lipinski definition) is 3. The molecular weight excluding hydrogens is 363 g/mol. The van der Waals surface area contributed by atoms with E-state index in [1.54, 1.807) is 6.92 Å². The first-order chi connectivity index (χ1) is 11.9. The summed E-state index contributed by atoms with van der Waals surface area (Å²) in [5.41, 5.74) is -0.840. The SMILES string of the molecule is CC1(c2ccc(F)cc2)NC(=O)N(CC(=O)NC2CCNCC2)C1=O.Cl. The Morgan fingerprint density at radius 1 is 1.27 bits per heavy atom. The zero-order chi connectivity index (χ0) is 18.0. The molecule has 7 nitrogen and oxygen atoms in total. The number of hydrogen-bond acceptors (Lipinski definition) is 4. The van der Waals surface area contributed by atoms with Crippen molar-refractivity contribution in [1.82, 2.24) is 20.9 Å². The van der Waals surface area contributed by atoms with Gasteiger partial charge in [-0.2, -0.15) is 0 Å². The highest BCUT2D eigenvalue weighted by atomic mass is 35.5. The second-order valence-electron chi connectivity index (χ2n) is 6.55. The van der Waals surface area contributed by atoms with Crippen molar-refractivity contribution >= 4 is 30.3 Å². The first-order valence-corrected chi connectivity index (χ1v) is 8.30. The largest absolute Gasteiger partial charge is 0.352 e. The van der Waals surface area contributed by atoms with E-state index in [4.69, 9.17) is 0 Å². The molecule has 0 saturated carbocycles. The number of amides is 4. The smallest absolute Gasteiger partial charge is 0.325 e.